The van der Waals surface area contributed by atoms with Crippen molar-refractivity contribution in [3.05, 3.63) is 60.6 Å². The van der Waals surface area contributed by atoms with Gasteiger partial charge in [0.25, 0.3) is 0 Å². The number of hydrogen-bond donors (Lipinski definition) is 2. The summed E-state index contributed by atoms with van der Waals surface area (Å²) in [5.74, 6) is 1.33. The van der Waals surface area contributed by atoms with Crippen molar-refractivity contribution in [1.82, 2.24) is 19.9 Å². The van der Waals surface area contributed by atoms with Gasteiger partial charge in [0.05, 0.1) is 11.4 Å². The van der Waals surface area contributed by atoms with Gasteiger partial charge in [-0.25, -0.2) is 4.98 Å². The molecule has 3 heterocycles. The second-order valence-electron chi connectivity index (χ2n) is 4.92. The van der Waals surface area contributed by atoms with E-state index < -0.39 is 0 Å². The van der Waals surface area contributed by atoms with E-state index in [0.717, 1.165) is 35.9 Å². The first-order valence-corrected chi connectivity index (χ1v) is 7.47. The molecule has 0 aliphatic carbocycles. The van der Waals surface area contributed by atoms with E-state index in [1.165, 1.54) is 0 Å². The van der Waals surface area contributed by atoms with Crippen LogP contribution in [0.5, 0.6) is 0 Å². The summed E-state index contributed by atoms with van der Waals surface area (Å²) in [5.41, 5.74) is 2.65. The number of nitrogens with zero attached hydrogens (tertiary/aromatic N) is 4. The first-order chi connectivity index (χ1) is 11.3. The van der Waals surface area contributed by atoms with Crippen LogP contribution in [-0.4, -0.2) is 33.5 Å². The van der Waals surface area contributed by atoms with Crippen LogP contribution in [0, 0.1) is 0 Å². The van der Waals surface area contributed by atoms with E-state index in [0.29, 0.717) is 5.95 Å². The fourth-order valence-corrected chi connectivity index (χ4v) is 2.16. The van der Waals surface area contributed by atoms with Gasteiger partial charge in [0.2, 0.25) is 5.95 Å². The van der Waals surface area contributed by atoms with Crippen molar-refractivity contribution in [1.29, 1.82) is 0 Å². The van der Waals surface area contributed by atoms with Gasteiger partial charge in [-0.05, 0) is 24.3 Å². The Hall–Kier alpha value is -3.02. The minimum absolute atomic E-state index is 0.563. The molecule has 3 rings (SSSR count). The maximum Gasteiger partial charge on any atom is 0.224 e. The monoisotopic (exact) mass is 306 g/mol. The van der Waals surface area contributed by atoms with E-state index in [1.54, 1.807) is 19.4 Å². The highest BCUT2D eigenvalue weighted by Gasteiger charge is 2.06. The fourth-order valence-electron chi connectivity index (χ4n) is 2.16. The molecule has 0 aliphatic rings. The molecule has 0 unspecified atom stereocenters. The number of pyridine rings is 2. The highest BCUT2D eigenvalue weighted by atomic mass is 15.1. The average Bonchev–Trinajstić information content (AvgIpc) is 2.63. The summed E-state index contributed by atoms with van der Waals surface area (Å²) in [6.45, 7) is 0.749. The van der Waals surface area contributed by atoms with Crippen LogP contribution in [0.3, 0.4) is 0 Å². The van der Waals surface area contributed by atoms with E-state index >= 15 is 0 Å². The molecule has 0 saturated heterocycles. The standard InChI is InChI=1S/C17H18N6/c1-18-17-22-15(14-7-3-5-10-20-14)12-16(23-17)21-11-8-13-6-2-4-9-19-13/h2-7,9-10,12H,8,11H2,1H3,(H2,18,21,22,23). The molecule has 0 amide bonds. The third kappa shape index (κ3) is 4.00. The molecule has 116 valence electrons. The van der Waals surface area contributed by atoms with E-state index in [1.807, 2.05) is 42.5 Å². The van der Waals surface area contributed by atoms with Gasteiger partial charge in [-0.1, -0.05) is 12.1 Å². The summed E-state index contributed by atoms with van der Waals surface area (Å²) in [7, 11) is 1.80. The fraction of sp³-hybridized carbons (Fsp3) is 0.176. The lowest BCUT2D eigenvalue weighted by atomic mass is 10.2. The van der Waals surface area contributed by atoms with Crippen LogP contribution < -0.4 is 10.6 Å². The van der Waals surface area contributed by atoms with Crippen LogP contribution in [0.1, 0.15) is 5.69 Å². The van der Waals surface area contributed by atoms with Gasteiger partial charge in [-0.15, -0.1) is 0 Å². The number of anilines is 2. The Morgan fingerprint density at radius 3 is 2.43 bits per heavy atom. The van der Waals surface area contributed by atoms with Crippen LogP contribution in [0.4, 0.5) is 11.8 Å². The Labute approximate surface area is 135 Å². The lowest BCUT2D eigenvalue weighted by molar-refractivity contribution is 0.951. The normalized spacial score (nSPS) is 10.3. The molecule has 23 heavy (non-hydrogen) atoms. The van der Waals surface area contributed by atoms with Crippen molar-refractivity contribution in [2.24, 2.45) is 0 Å². The number of rotatable bonds is 6. The smallest absolute Gasteiger partial charge is 0.224 e. The van der Waals surface area contributed by atoms with Crippen molar-refractivity contribution in [2.75, 3.05) is 24.2 Å². The van der Waals surface area contributed by atoms with Crippen LogP contribution in [0.15, 0.2) is 54.9 Å². The SMILES string of the molecule is CNc1nc(NCCc2ccccn2)cc(-c2ccccn2)n1. The van der Waals surface area contributed by atoms with E-state index in [-0.39, 0.29) is 0 Å². The molecule has 0 spiro atoms. The van der Waals surface area contributed by atoms with E-state index in [9.17, 15) is 0 Å². The predicted molar refractivity (Wildman–Crippen MR) is 91.2 cm³/mol. The molecule has 0 bridgehead atoms. The van der Waals surface area contributed by atoms with Crippen molar-refractivity contribution in [2.45, 2.75) is 6.42 Å². The van der Waals surface area contributed by atoms with Gasteiger partial charge in [0, 0.05) is 44.2 Å². The summed E-state index contributed by atoms with van der Waals surface area (Å²) >= 11 is 0. The molecule has 6 heteroatoms. The minimum atomic E-state index is 0.563. The van der Waals surface area contributed by atoms with Gasteiger partial charge in [0.1, 0.15) is 5.82 Å². The Morgan fingerprint density at radius 1 is 0.913 bits per heavy atom. The lowest BCUT2D eigenvalue weighted by Crippen LogP contribution is -2.09. The largest absolute Gasteiger partial charge is 0.369 e. The molecule has 2 N–H and O–H groups in total. The van der Waals surface area contributed by atoms with Gasteiger partial charge in [0.15, 0.2) is 0 Å². The molecule has 0 atom stereocenters. The summed E-state index contributed by atoms with van der Waals surface area (Å²) in [6.07, 6.45) is 4.39. The maximum absolute atomic E-state index is 4.45. The van der Waals surface area contributed by atoms with Gasteiger partial charge in [-0.3, -0.25) is 9.97 Å². The molecule has 3 aromatic heterocycles. The van der Waals surface area contributed by atoms with Crippen molar-refractivity contribution in [3.63, 3.8) is 0 Å². The lowest BCUT2D eigenvalue weighted by Gasteiger charge is -2.09. The molecular weight excluding hydrogens is 288 g/mol. The summed E-state index contributed by atoms with van der Waals surface area (Å²) in [6, 6.07) is 13.6. The summed E-state index contributed by atoms with van der Waals surface area (Å²) in [4.78, 5) is 17.5. The van der Waals surface area contributed by atoms with Gasteiger partial charge in [-0.2, -0.15) is 4.98 Å². The first-order valence-electron chi connectivity index (χ1n) is 7.47. The summed E-state index contributed by atoms with van der Waals surface area (Å²) < 4.78 is 0. The van der Waals surface area contributed by atoms with Crippen LogP contribution in [0.2, 0.25) is 0 Å². The average molecular weight is 306 g/mol. The molecule has 0 aliphatic heterocycles. The molecule has 0 radical (unpaired) electrons. The van der Waals surface area contributed by atoms with Crippen molar-refractivity contribution in [3.8, 4) is 11.4 Å². The Morgan fingerprint density at radius 2 is 1.74 bits per heavy atom. The van der Waals surface area contributed by atoms with Crippen LogP contribution >= 0.6 is 0 Å². The zero-order valence-electron chi connectivity index (χ0n) is 12.9. The summed E-state index contributed by atoms with van der Waals surface area (Å²) in [5, 5.41) is 6.30. The maximum atomic E-state index is 4.45. The van der Waals surface area contributed by atoms with Crippen molar-refractivity contribution < 1.29 is 0 Å². The van der Waals surface area contributed by atoms with Crippen molar-refractivity contribution >= 4 is 11.8 Å². The number of nitrogens with one attached hydrogen (secondary N) is 2. The molecule has 0 fully saturated rings. The zero-order chi connectivity index (χ0) is 15.9. The van der Waals surface area contributed by atoms with E-state index in [2.05, 4.69) is 30.6 Å². The zero-order valence-corrected chi connectivity index (χ0v) is 12.9. The molecular formula is C17H18N6. The van der Waals surface area contributed by atoms with Gasteiger partial charge >= 0.3 is 0 Å². The molecule has 3 aromatic rings. The number of hydrogen-bond acceptors (Lipinski definition) is 6. The molecule has 6 nitrogen and oxygen atoms in total. The topological polar surface area (TPSA) is 75.6 Å². The predicted octanol–water partition coefficient (Wildman–Crippen LogP) is 2.63. The molecule has 0 aromatic carbocycles. The first kappa shape index (κ1) is 14.9. The van der Waals surface area contributed by atoms with Crippen LogP contribution in [-0.2, 0) is 6.42 Å². The van der Waals surface area contributed by atoms with Crippen LogP contribution in [0.25, 0.3) is 11.4 Å². The Balaban J connectivity index is 1.74. The Kier molecular flexibility index (Phi) is 4.73. The van der Waals surface area contributed by atoms with E-state index in [4.69, 9.17) is 0 Å². The second kappa shape index (κ2) is 7.31. The third-order valence-electron chi connectivity index (χ3n) is 3.29. The molecule has 0 saturated carbocycles. The quantitative estimate of drug-likeness (QED) is 0.729. The highest BCUT2D eigenvalue weighted by Crippen LogP contribution is 2.19. The minimum Gasteiger partial charge on any atom is -0.369 e. The van der Waals surface area contributed by atoms with Gasteiger partial charge < -0.3 is 10.6 Å². The Bertz CT molecular complexity index is 746. The highest BCUT2D eigenvalue weighted by molar-refractivity contribution is 5.60. The third-order valence-corrected chi connectivity index (χ3v) is 3.29. The second-order valence-corrected chi connectivity index (χ2v) is 4.92. The number of aromatic nitrogens is 4.